The zero-order valence-electron chi connectivity index (χ0n) is 42.7. The van der Waals surface area contributed by atoms with E-state index < -0.39 is 0 Å². The van der Waals surface area contributed by atoms with E-state index >= 15 is 0 Å². The Hall–Kier alpha value is -4.89. The van der Waals surface area contributed by atoms with E-state index in [-0.39, 0.29) is 40.5 Å². The molecule has 0 saturated carbocycles. The third kappa shape index (κ3) is 6.01. The maximum Gasteiger partial charge on any atom is 0.250 e. The molecule has 11 rings (SSSR count). The topological polar surface area (TPSA) is 34.8 Å². The molecule has 0 saturated heterocycles. The lowest BCUT2D eigenvalue weighted by atomic mass is 9.29. The summed E-state index contributed by atoms with van der Waals surface area (Å²) < 4.78 is 0. The third-order valence-electron chi connectivity index (χ3n) is 17.5. The number of nitrogens with one attached hydrogen (secondary N) is 2. The number of rotatable bonds is 2. The van der Waals surface area contributed by atoms with E-state index in [9.17, 15) is 0 Å². The average molecular weight is 856 g/mol. The van der Waals surface area contributed by atoms with E-state index in [2.05, 4.69) is 193 Å². The number of H-pyrrole nitrogens is 2. The molecule has 2 aromatic heterocycles. The van der Waals surface area contributed by atoms with Gasteiger partial charge in [0.1, 0.15) is 11.6 Å². The molecule has 0 spiro atoms. The lowest BCUT2D eigenvalue weighted by Gasteiger charge is -2.43. The second kappa shape index (κ2) is 13.4. The van der Waals surface area contributed by atoms with Gasteiger partial charge in [-0.05, 0) is 179 Å². The SMILES string of the molecule is Cc1cc(C)c(B2c3cc(C(C)(C)C)cc4c3N(c3[nH]c5cc6c(cc5c32)C(C)(C)CCC6(C)C)c2[nH]c3cc5c(cc3c2B4c2c(C)cc(C)cc2C)C(C)(C)CCC5(C)C)c(C)c1. The Morgan fingerprint density at radius 3 is 1.09 bits per heavy atom. The van der Waals surface area contributed by atoms with Crippen molar-refractivity contribution in [1.29, 1.82) is 0 Å². The van der Waals surface area contributed by atoms with Gasteiger partial charge in [0.05, 0.1) is 0 Å². The molecule has 2 aliphatic heterocycles. The fourth-order valence-corrected chi connectivity index (χ4v) is 13.8. The fourth-order valence-electron chi connectivity index (χ4n) is 13.8. The van der Waals surface area contributed by atoms with E-state index in [0.29, 0.717) is 0 Å². The van der Waals surface area contributed by atoms with Crippen LogP contribution in [0.15, 0.2) is 60.7 Å². The van der Waals surface area contributed by atoms with Crippen LogP contribution >= 0.6 is 0 Å². The highest BCUT2D eigenvalue weighted by Gasteiger charge is 2.50. The molecular weight excluding hydrogens is 784 g/mol. The van der Waals surface area contributed by atoms with E-state index in [0.717, 1.165) is 0 Å². The largest absolute Gasteiger partial charge is 0.341 e. The molecule has 7 aromatic rings. The van der Waals surface area contributed by atoms with Crippen molar-refractivity contribution in [2.45, 2.75) is 170 Å². The Balaban J connectivity index is 1.35. The zero-order chi connectivity index (χ0) is 46.4. The number of aromatic amines is 2. The number of benzene rings is 5. The van der Waals surface area contributed by atoms with Crippen LogP contribution in [-0.2, 0) is 27.1 Å². The maximum atomic E-state index is 4.29. The number of aromatic nitrogens is 2. The van der Waals surface area contributed by atoms with Crippen LogP contribution in [0, 0.1) is 41.5 Å². The van der Waals surface area contributed by atoms with Gasteiger partial charge in [-0.25, -0.2) is 0 Å². The van der Waals surface area contributed by atoms with Gasteiger partial charge in [-0.15, -0.1) is 0 Å². The molecule has 4 heterocycles. The standard InChI is InChI=1S/C60H71B2N3/c1-32-22-34(3)49(35(4)23-32)61-45-26-38(56(7,8)9)27-46-53(45)65(54-51(61)39-28-41-43(30-47(39)63-54)59(14,15)20-18-57(41,10)11)55-52(62(46)50-36(5)24-33(2)25-37(50)6)40-29-42-44(31-48(40)64-55)60(16,17)21-19-58(42,12)13/h22-31,63-64H,18-21H2,1-17H3. The minimum absolute atomic E-state index is 0.0325. The molecule has 4 aliphatic rings. The third-order valence-corrected chi connectivity index (χ3v) is 17.5. The minimum atomic E-state index is -0.0788. The van der Waals surface area contributed by atoms with Gasteiger partial charge in [-0.3, -0.25) is 4.90 Å². The highest BCUT2D eigenvalue weighted by molar-refractivity contribution is 7.04. The van der Waals surface area contributed by atoms with Crippen LogP contribution in [0.3, 0.4) is 0 Å². The molecule has 5 heteroatoms. The molecular formula is C60H71B2N3. The van der Waals surface area contributed by atoms with Crippen molar-refractivity contribution in [3.8, 4) is 0 Å². The predicted octanol–water partition coefficient (Wildman–Crippen LogP) is 11.6. The summed E-state index contributed by atoms with van der Waals surface area (Å²) in [6.45, 7) is 41.1. The lowest BCUT2D eigenvalue weighted by Crippen LogP contribution is -2.66. The highest BCUT2D eigenvalue weighted by atomic mass is 15.3. The van der Waals surface area contributed by atoms with Crippen molar-refractivity contribution >= 4 is 85.3 Å². The summed E-state index contributed by atoms with van der Waals surface area (Å²) in [6, 6.07) is 25.4. The normalized spacial score (nSPS) is 18.7. The van der Waals surface area contributed by atoms with Crippen molar-refractivity contribution in [2.24, 2.45) is 0 Å². The van der Waals surface area contributed by atoms with Crippen LogP contribution in [0.4, 0.5) is 17.3 Å². The number of fused-ring (bicyclic) bond motifs is 10. The van der Waals surface area contributed by atoms with Crippen LogP contribution in [0.2, 0.25) is 0 Å². The number of hydrogen-bond acceptors (Lipinski definition) is 1. The Bertz CT molecular complexity index is 2980. The van der Waals surface area contributed by atoms with Gasteiger partial charge in [0.15, 0.2) is 0 Å². The first-order valence-electron chi connectivity index (χ1n) is 24.8. The first-order chi connectivity index (χ1) is 30.3. The molecule has 0 fully saturated rings. The summed E-state index contributed by atoms with van der Waals surface area (Å²) in [4.78, 5) is 11.3. The minimum Gasteiger partial charge on any atom is -0.341 e. The molecule has 0 amide bonds. The molecule has 65 heavy (non-hydrogen) atoms. The van der Waals surface area contributed by atoms with E-state index in [4.69, 9.17) is 0 Å². The van der Waals surface area contributed by atoms with Crippen LogP contribution in [0.25, 0.3) is 21.8 Å². The summed E-state index contributed by atoms with van der Waals surface area (Å²) in [5, 5.41) is 2.73. The van der Waals surface area contributed by atoms with Gasteiger partial charge >= 0.3 is 0 Å². The van der Waals surface area contributed by atoms with Gasteiger partial charge in [0, 0.05) is 16.7 Å². The highest BCUT2D eigenvalue weighted by Crippen LogP contribution is 2.50. The smallest absolute Gasteiger partial charge is 0.250 e. The first kappa shape index (κ1) is 42.7. The summed E-state index contributed by atoms with van der Waals surface area (Å²) in [7, 11) is 0. The molecule has 2 aliphatic carbocycles. The number of anilines is 3. The van der Waals surface area contributed by atoms with E-state index in [1.807, 2.05) is 0 Å². The zero-order valence-corrected chi connectivity index (χ0v) is 42.7. The second-order valence-electron chi connectivity index (χ2n) is 25.3. The van der Waals surface area contributed by atoms with Crippen molar-refractivity contribution in [3.05, 3.63) is 122 Å². The quantitative estimate of drug-likeness (QED) is 0.167. The molecule has 332 valence electrons. The van der Waals surface area contributed by atoms with Gasteiger partial charge in [0.25, 0.3) is 0 Å². The second-order valence-corrected chi connectivity index (χ2v) is 25.3. The fraction of sp³-hybridized carbons (Fsp3) is 0.433. The molecule has 0 bridgehead atoms. The van der Waals surface area contributed by atoms with Gasteiger partial charge in [-0.1, -0.05) is 157 Å². The van der Waals surface area contributed by atoms with Crippen LogP contribution in [-0.4, -0.2) is 23.4 Å². The molecule has 5 aromatic carbocycles. The molecule has 0 unspecified atom stereocenters. The average Bonchev–Trinajstić information content (AvgIpc) is 3.76. The predicted molar refractivity (Wildman–Crippen MR) is 285 cm³/mol. The van der Waals surface area contributed by atoms with E-state index in [1.165, 1.54) is 159 Å². The van der Waals surface area contributed by atoms with Crippen LogP contribution < -0.4 is 37.7 Å². The van der Waals surface area contributed by atoms with Crippen LogP contribution in [0.1, 0.15) is 163 Å². The van der Waals surface area contributed by atoms with E-state index in [1.54, 1.807) is 0 Å². The summed E-state index contributed by atoms with van der Waals surface area (Å²) in [6.07, 6.45) is 4.75. The molecule has 3 nitrogen and oxygen atoms in total. The Kier molecular flexibility index (Phi) is 8.80. The molecule has 0 radical (unpaired) electrons. The molecule has 2 N–H and O–H groups in total. The number of nitrogens with zero attached hydrogens (tertiary/aromatic N) is 1. The monoisotopic (exact) mass is 856 g/mol. The number of aryl methyl sites for hydroxylation is 6. The van der Waals surface area contributed by atoms with Crippen molar-refractivity contribution in [1.82, 2.24) is 9.97 Å². The summed E-state index contributed by atoms with van der Waals surface area (Å²) in [5.41, 5.74) is 28.3. The van der Waals surface area contributed by atoms with Crippen molar-refractivity contribution < 1.29 is 0 Å². The number of hydrogen-bond donors (Lipinski definition) is 2. The summed E-state index contributed by atoms with van der Waals surface area (Å²) in [5.74, 6) is 2.43. The molecule has 0 atom stereocenters. The van der Waals surface area contributed by atoms with Gasteiger partial charge in [-0.2, -0.15) is 0 Å². The van der Waals surface area contributed by atoms with Crippen LogP contribution in [0.5, 0.6) is 0 Å². The summed E-state index contributed by atoms with van der Waals surface area (Å²) >= 11 is 0. The lowest BCUT2D eigenvalue weighted by molar-refractivity contribution is 0.332. The van der Waals surface area contributed by atoms with Gasteiger partial charge in [0.2, 0.25) is 13.4 Å². The Morgan fingerprint density at radius 2 is 0.769 bits per heavy atom. The Morgan fingerprint density at radius 1 is 0.446 bits per heavy atom. The van der Waals surface area contributed by atoms with Gasteiger partial charge < -0.3 is 9.97 Å². The maximum absolute atomic E-state index is 4.29. The first-order valence-corrected chi connectivity index (χ1v) is 24.8. The van der Waals surface area contributed by atoms with Crippen molar-refractivity contribution in [3.63, 3.8) is 0 Å². The Labute approximate surface area is 390 Å². The van der Waals surface area contributed by atoms with Crippen molar-refractivity contribution in [2.75, 3.05) is 4.90 Å².